The fourth-order valence-corrected chi connectivity index (χ4v) is 0.621. The second-order valence-electron chi connectivity index (χ2n) is 1.66. The lowest BCUT2D eigenvalue weighted by atomic mass is 10.3. The minimum atomic E-state index is 0.288. The third kappa shape index (κ3) is 6.18. The van der Waals surface area contributed by atoms with Crippen LogP contribution in [-0.2, 0) is 0 Å². The van der Waals surface area contributed by atoms with Crippen molar-refractivity contribution in [1.82, 2.24) is 0 Å². The molecule has 8 heavy (non-hydrogen) atoms. The second kappa shape index (κ2) is 5.32. The van der Waals surface area contributed by atoms with Crippen LogP contribution in [0.1, 0.15) is 19.8 Å². The van der Waals surface area contributed by atoms with E-state index >= 15 is 0 Å². The number of hydrogen-bond donors (Lipinski definition) is 1. The van der Waals surface area contributed by atoms with Gasteiger partial charge in [-0.25, -0.2) is 0 Å². The first-order valence-electron chi connectivity index (χ1n) is 2.70. The average Bonchev–Trinajstić information content (AvgIpc) is 1.66. The van der Waals surface area contributed by atoms with Crippen molar-refractivity contribution in [1.29, 1.82) is 0 Å². The van der Waals surface area contributed by atoms with Gasteiger partial charge in [0.25, 0.3) is 0 Å². The molecule has 0 fully saturated rings. The molecule has 0 radical (unpaired) electrons. The summed E-state index contributed by atoms with van der Waals surface area (Å²) in [5.74, 6) is 0. The Kier molecular flexibility index (Phi) is 5.44. The Morgan fingerprint density at radius 1 is 1.75 bits per heavy atom. The molecule has 0 aliphatic rings. The summed E-state index contributed by atoms with van der Waals surface area (Å²) in [4.78, 5) is 0. The third-order valence-corrected chi connectivity index (χ3v) is 1.11. The van der Waals surface area contributed by atoms with E-state index in [4.69, 9.17) is 5.11 Å². The van der Waals surface area contributed by atoms with Gasteiger partial charge in [0.05, 0.1) is 0 Å². The second-order valence-corrected chi connectivity index (χ2v) is 2.91. The largest absolute Gasteiger partial charge is 0.396 e. The summed E-state index contributed by atoms with van der Waals surface area (Å²) in [5.41, 5.74) is 0. The summed E-state index contributed by atoms with van der Waals surface area (Å²) in [6.07, 6.45) is 3.88. The van der Waals surface area contributed by atoms with Gasteiger partial charge in [0.2, 0.25) is 0 Å². The van der Waals surface area contributed by atoms with Crippen LogP contribution < -0.4 is 0 Å². The molecule has 2 heteroatoms. The lowest BCUT2D eigenvalue weighted by Crippen LogP contribution is -1.78. The maximum atomic E-state index is 8.33. The van der Waals surface area contributed by atoms with Gasteiger partial charge >= 0.3 is 0 Å². The molecule has 0 unspecified atom stereocenters. The van der Waals surface area contributed by atoms with E-state index in [0.29, 0.717) is 0 Å². The van der Waals surface area contributed by atoms with E-state index in [0.717, 1.165) is 17.3 Å². The number of aliphatic hydroxyl groups excluding tert-OH is 1. The van der Waals surface area contributed by atoms with Gasteiger partial charge in [-0.15, -0.1) is 0 Å². The molecule has 0 aliphatic carbocycles. The predicted octanol–water partition coefficient (Wildman–Crippen LogP) is 2.06. The Morgan fingerprint density at radius 2 is 2.38 bits per heavy atom. The van der Waals surface area contributed by atoms with Crippen molar-refractivity contribution in [2.45, 2.75) is 19.8 Å². The van der Waals surface area contributed by atoms with Gasteiger partial charge < -0.3 is 5.11 Å². The maximum absolute atomic E-state index is 8.33. The summed E-state index contributed by atoms with van der Waals surface area (Å²) < 4.78 is 1.14. The molecule has 0 saturated heterocycles. The number of allylic oxidation sites excluding steroid dienone is 2. The van der Waals surface area contributed by atoms with Crippen molar-refractivity contribution in [3.8, 4) is 0 Å². The van der Waals surface area contributed by atoms with Crippen molar-refractivity contribution in [2.75, 3.05) is 6.61 Å². The highest BCUT2D eigenvalue weighted by Gasteiger charge is 1.79. The summed E-state index contributed by atoms with van der Waals surface area (Å²) in [5, 5.41) is 8.33. The number of unbranched alkanes of at least 4 members (excludes halogenated alkanes) is 1. The molecule has 0 atom stereocenters. The maximum Gasteiger partial charge on any atom is 0.0433 e. The van der Waals surface area contributed by atoms with Crippen LogP contribution in [0.5, 0.6) is 0 Å². The normalized spacial score (nSPS) is 12.1. The molecule has 0 aromatic carbocycles. The zero-order valence-electron chi connectivity index (χ0n) is 5.02. The predicted molar refractivity (Wildman–Crippen MR) is 39.0 cm³/mol. The number of aliphatic hydroxyl groups is 1. The Bertz CT molecular complexity index is 74.6. The summed E-state index contributed by atoms with van der Waals surface area (Å²) in [6, 6.07) is 0. The van der Waals surface area contributed by atoms with Gasteiger partial charge in [-0.3, -0.25) is 0 Å². The monoisotopic (exact) mass is 178 g/mol. The summed E-state index contributed by atoms with van der Waals surface area (Å²) >= 11 is 3.28. The van der Waals surface area contributed by atoms with E-state index in [1.807, 2.05) is 6.92 Å². The molecule has 48 valence electrons. The first-order valence-corrected chi connectivity index (χ1v) is 3.50. The van der Waals surface area contributed by atoms with Crippen LogP contribution in [-0.4, -0.2) is 11.7 Å². The molecule has 0 aromatic heterocycles. The van der Waals surface area contributed by atoms with Crippen molar-refractivity contribution < 1.29 is 5.11 Å². The molecule has 0 rings (SSSR count). The first kappa shape index (κ1) is 8.18. The van der Waals surface area contributed by atoms with E-state index in [9.17, 15) is 0 Å². The smallest absolute Gasteiger partial charge is 0.0433 e. The van der Waals surface area contributed by atoms with E-state index < -0.39 is 0 Å². The van der Waals surface area contributed by atoms with Gasteiger partial charge in [0, 0.05) is 6.61 Å². The number of rotatable bonds is 3. The van der Waals surface area contributed by atoms with Crippen LogP contribution in [0.2, 0.25) is 0 Å². The fourth-order valence-electron chi connectivity index (χ4n) is 0.392. The van der Waals surface area contributed by atoms with Crippen LogP contribution in [0.3, 0.4) is 0 Å². The molecular formula is C6H11BrO. The third-order valence-electron chi connectivity index (χ3n) is 0.788. The highest BCUT2D eigenvalue weighted by atomic mass is 79.9. The number of hydrogen-bond acceptors (Lipinski definition) is 1. The molecule has 1 N–H and O–H groups in total. The molecule has 0 heterocycles. The van der Waals surface area contributed by atoms with Crippen molar-refractivity contribution in [3.05, 3.63) is 10.6 Å². The van der Waals surface area contributed by atoms with Gasteiger partial charge in [0.15, 0.2) is 0 Å². The fraction of sp³-hybridized carbons (Fsp3) is 0.667. The highest BCUT2D eigenvalue weighted by Crippen LogP contribution is 2.03. The van der Waals surface area contributed by atoms with E-state index in [2.05, 4.69) is 22.0 Å². The molecule has 0 aromatic rings. The average molecular weight is 179 g/mol. The van der Waals surface area contributed by atoms with E-state index in [1.54, 1.807) is 0 Å². The van der Waals surface area contributed by atoms with E-state index in [1.165, 1.54) is 0 Å². The quantitative estimate of drug-likeness (QED) is 0.657. The SMILES string of the molecule is CC(Br)=CCCCO. The van der Waals surface area contributed by atoms with Gasteiger partial charge in [-0.2, -0.15) is 0 Å². The first-order chi connectivity index (χ1) is 3.77. The Labute approximate surface area is 58.5 Å². The van der Waals surface area contributed by atoms with Crippen molar-refractivity contribution >= 4 is 15.9 Å². The molecule has 1 nitrogen and oxygen atoms in total. The lowest BCUT2D eigenvalue weighted by Gasteiger charge is -1.87. The van der Waals surface area contributed by atoms with Crippen molar-refractivity contribution in [3.63, 3.8) is 0 Å². The molecule has 0 saturated carbocycles. The zero-order chi connectivity index (χ0) is 6.41. The number of halogens is 1. The lowest BCUT2D eigenvalue weighted by molar-refractivity contribution is 0.289. The van der Waals surface area contributed by atoms with Crippen molar-refractivity contribution in [2.24, 2.45) is 0 Å². The Hall–Kier alpha value is 0.180. The minimum absolute atomic E-state index is 0.288. The van der Waals surface area contributed by atoms with Crippen LogP contribution in [0.4, 0.5) is 0 Å². The molecule has 0 bridgehead atoms. The minimum Gasteiger partial charge on any atom is -0.396 e. The Balaban J connectivity index is 3.03. The molecule has 0 spiro atoms. The molecule has 0 aliphatic heterocycles. The van der Waals surface area contributed by atoms with E-state index in [-0.39, 0.29) is 6.61 Å². The van der Waals surface area contributed by atoms with Crippen LogP contribution in [0, 0.1) is 0 Å². The topological polar surface area (TPSA) is 20.2 Å². The summed E-state index contributed by atoms with van der Waals surface area (Å²) in [6.45, 7) is 2.27. The standard InChI is InChI=1S/C6H11BrO/c1-6(7)4-2-3-5-8/h4,8H,2-3,5H2,1H3. The van der Waals surface area contributed by atoms with Crippen LogP contribution in [0.25, 0.3) is 0 Å². The van der Waals surface area contributed by atoms with Crippen LogP contribution in [0.15, 0.2) is 10.6 Å². The van der Waals surface area contributed by atoms with Gasteiger partial charge in [-0.05, 0) is 24.2 Å². The van der Waals surface area contributed by atoms with Gasteiger partial charge in [0.1, 0.15) is 0 Å². The molecular weight excluding hydrogens is 168 g/mol. The molecule has 0 amide bonds. The summed E-state index contributed by atoms with van der Waals surface area (Å²) in [7, 11) is 0. The zero-order valence-corrected chi connectivity index (χ0v) is 6.61. The Morgan fingerprint density at radius 3 is 2.75 bits per heavy atom. The van der Waals surface area contributed by atoms with Crippen LogP contribution >= 0.6 is 15.9 Å². The highest BCUT2D eigenvalue weighted by molar-refractivity contribution is 9.11. The van der Waals surface area contributed by atoms with Gasteiger partial charge in [-0.1, -0.05) is 22.0 Å².